The minimum atomic E-state index is -0.937. The Labute approximate surface area is 243 Å². The molecule has 12 nitrogen and oxygen atoms in total. The maximum atomic E-state index is 12.5. The van der Waals surface area contributed by atoms with Crippen molar-refractivity contribution < 1.29 is 48.0 Å². The second-order valence-corrected chi connectivity index (χ2v) is 10.1. The summed E-state index contributed by atoms with van der Waals surface area (Å²) in [5.41, 5.74) is 3.97. The predicted octanol–water partition coefficient (Wildman–Crippen LogP) is 2.99. The van der Waals surface area contributed by atoms with Crippen LogP contribution >= 0.6 is 0 Å². The number of ether oxygens (including phenoxy) is 6. The monoisotopic (exact) mass is 582 g/mol. The second kappa shape index (κ2) is 12.7. The standard InChI is InChI=1S/C30H34N2O10/c1-16(2)29-30(40-15-25(33)31-8-10-38-9-7-26(34)35)19-11-17(5-6-20(19)41-29)28-27-18-12-22(36-3)23(37-4)13-21(18)39-14-24(27)42-32-28/h5-6,11-13,24,27,29-30H,1,7-10,14-15H2,2-4H3,(H,31,33)(H,34,35)/t24?,27?,29-,30?/m0/s1. The van der Waals surface area contributed by atoms with Crippen molar-refractivity contribution in [2.75, 3.05) is 47.2 Å². The number of nitrogens with zero attached hydrogens (tertiary/aromatic N) is 1. The molecule has 5 rings (SSSR count). The lowest BCUT2D eigenvalue weighted by Crippen LogP contribution is -2.33. The Morgan fingerprint density at radius 3 is 2.62 bits per heavy atom. The molecule has 1 amide bonds. The first-order chi connectivity index (χ1) is 20.3. The molecule has 42 heavy (non-hydrogen) atoms. The Balaban J connectivity index is 1.31. The van der Waals surface area contributed by atoms with Gasteiger partial charge in [-0.05, 0) is 36.8 Å². The molecule has 0 aliphatic carbocycles. The number of hydrogen-bond donors (Lipinski definition) is 2. The number of oxime groups is 1. The SMILES string of the molecule is C=C(C)[C@@H]1Oc2ccc(C3=NOC4COc5cc(OC)c(OC)cc5C34)cc2C1OCC(=O)NCCOCCC(=O)O. The van der Waals surface area contributed by atoms with Crippen molar-refractivity contribution in [3.05, 3.63) is 59.2 Å². The van der Waals surface area contributed by atoms with E-state index in [4.69, 9.17) is 38.4 Å². The summed E-state index contributed by atoms with van der Waals surface area (Å²) in [5, 5.41) is 15.8. The zero-order chi connectivity index (χ0) is 29.8. The van der Waals surface area contributed by atoms with Crippen molar-refractivity contribution in [2.45, 2.75) is 37.6 Å². The van der Waals surface area contributed by atoms with Crippen molar-refractivity contribution in [2.24, 2.45) is 5.16 Å². The number of fused-ring (bicyclic) bond motifs is 4. The third-order valence-electron chi connectivity index (χ3n) is 7.26. The lowest BCUT2D eigenvalue weighted by atomic mass is 9.83. The van der Waals surface area contributed by atoms with Gasteiger partial charge in [0.05, 0.1) is 45.5 Å². The molecular weight excluding hydrogens is 548 g/mol. The van der Waals surface area contributed by atoms with Gasteiger partial charge in [0.25, 0.3) is 0 Å². The molecule has 2 aromatic rings. The largest absolute Gasteiger partial charge is 0.493 e. The minimum absolute atomic E-state index is 0.0821. The van der Waals surface area contributed by atoms with Gasteiger partial charge in [0.1, 0.15) is 36.9 Å². The van der Waals surface area contributed by atoms with Gasteiger partial charge in [-0.3, -0.25) is 9.59 Å². The molecule has 2 N–H and O–H groups in total. The molecule has 3 unspecified atom stereocenters. The summed E-state index contributed by atoms with van der Waals surface area (Å²) in [7, 11) is 3.16. The average molecular weight is 583 g/mol. The van der Waals surface area contributed by atoms with Gasteiger partial charge in [-0.15, -0.1) is 0 Å². The third-order valence-corrected chi connectivity index (χ3v) is 7.26. The Morgan fingerprint density at radius 1 is 1.10 bits per heavy atom. The first-order valence-corrected chi connectivity index (χ1v) is 13.6. The van der Waals surface area contributed by atoms with E-state index in [0.717, 1.165) is 28.0 Å². The van der Waals surface area contributed by atoms with Gasteiger partial charge in [-0.1, -0.05) is 11.7 Å². The molecule has 0 saturated carbocycles. The quantitative estimate of drug-likeness (QED) is 0.267. The highest BCUT2D eigenvalue weighted by molar-refractivity contribution is 6.07. The Bertz CT molecular complexity index is 1390. The van der Waals surface area contributed by atoms with Crippen LogP contribution in [0.15, 0.2) is 47.6 Å². The van der Waals surface area contributed by atoms with Crippen molar-refractivity contribution in [3.63, 3.8) is 0 Å². The first kappa shape index (κ1) is 29.2. The fraction of sp³-hybridized carbons (Fsp3) is 0.433. The number of carbonyl (C=O) groups is 2. The zero-order valence-electron chi connectivity index (χ0n) is 23.7. The Kier molecular flexibility index (Phi) is 8.83. The highest BCUT2D eigenvalue weighted by Crippen LogP contribution is 2.47. The van der Waals surface area contributed by atoms with Crippen molar-refractivity contribution >= 4 is 17.6 Å². The third kappa shape index (κ3) is 6.00. The summed E-state index contributed by atoms with van der Waals surface area (Å²) in [5.74, 6) is 0.999. The summed E-state index contributed by atoms with van der Waals surface area (Å²) >= 11 is 0. The summed E-state index contributed by atoms with van der Waals surface area (Å²) in [6.07, 6.45) is -1.44. The maximum absolute atomic E-state index is 12.5. The van der Waals surface area contributed by atoms with Crippen LogP contribution in [0, 0.1) is 0 Å². The number of rotatable bonds is 13. The molecule has 12 heteroatoms. The lowest BCUT2D eigenvalue weighted by Gasteiger charge is -2.28. The summed E-state index contributed by atoms with van der Waals surface area (Å²) in [6, 6.07) is 9.45. The van der Waals surface area contributed by atoms with Crippen molar-refractivity contribution in [1.29, 1.82) is 0 Å². The summed E-state index contributed by atoms with van der Waals surface area (Å²) in [6.45, 7) is 6.54. The highest BCUT2D eigenvalue weighted by Gasteiger charge is 2.43. The number of amides is 1. The van der Waals surface area contributed by atoms with E-state index >= 15 is 0 Å². The molecule has 3 aliphatic rings. The normalized spacial score (nSPS) is 21.5. The fourth-order valence-electron chi connectivity index (χ4n) is 5.22. The van der Waals surface area contributed by atoms with Crippen molar-refractivity contribution in [1.82, 2.24) is 5.32 Å². The number of carboxylic acids is 1. The number of hydrogen-bond acceptors (Lipinski definition) is 10. The van der Waals surface area contributed by atoms with Gasteiger partial charge in [-0.25, -0.2) is 0 Å². The van der Waals surface area contributed by atoms with Gasteiger partial charge in [0, 0.05) is 29.3 Å². The molecule has 2 aromatic carbocycles. The summed E-state index contributed by atoms with van der Waals surface area (Å²) in [4.78, 5) is 28.8. The van der Waals surface area contributed by atoms with E-state index in [1.54, 1.807) is 14.2 Å². The van der Waals surface area contributed by atoms with Crippen LogP contribution in [-0.2, 0) is 23.9 Å². The van der Waals surface area contributed by atoms with E-state index in [1.807, 2.05) is 37.3 Å². The van der Waals surface area contributed by atoms with Crippen LogP contribution in [0.3, 0.4) is 0 Å². The molecule has 224 valence electrons. The average Bonchev–Trinajstić information content (AvgIpc) is 3.58. The number of nitrogens with one attached hydrogen (secondary N) is 1. The molecule has 0 fully saturated rings. The topological polar surface area (TPSA) is 143 Å². The molecule has 0 saturated heterocycles. The Morgan fingerprint density at radius 2 is 1.88 bits per heavy atom. The molecule has 0 bridgehead atoms. The maximum Gasteiger partial charge on any atom is 0.305 e. The molecular formula is C30H34N2O10. The smallest absolute Gasteiger partial charge is 0.305 e. The number of methoxy groups -OCH3 is 2. The number of carbonyl (C=O) groups excluding carboxylic acids is 1. The van der Waals surface area contributed by atoms with Crippen LogP contribution in [0.1, 0.15) is 42.1 Å². The predicted molar refractivity (Wildman–Crippen MR) is 150 cm³/mol. The first-order valence-electron chi connectivity index (χ1n) is 13.6. The number of aliphatic carboxylic acids is 1. The van der Waals surface area contributed by atoms with Gasteiger partial charge in [0.15, 0.2) is 17.6 Å². The molecule has 0 radical (unpaired) electrons. The van der Waals surface area contributed by atoms with E-state index in [1.165, 1.54) is 0 Å². The van der Waals surface area contributed by atoms with E-state index < -0.39 is 18.2 Å². The zero-order valence-corrected chi connectivity index (χ0v) is 23.7. The van der Waals surface area contributed by atoms with Crippen LogP contribution in [0.5, 0.6) is 23.0 Å². The molecule has 0 aromatic heterocycles. The van der Waals surface area contributed by atoms with Gasteiger partial charge in [0.2, 0.25) is 5.91 Å². The van der Waals surface area contributed by atoms with Crippen LogP contribution in [-0.4, -0.2) is 82.1 Å². The van der Waals surface area contributed by atoms with E-state index in [2.05, 4.69) is 17.1 Å². The van der Waals surface area contributed by atoms with Gasteiger partial charge in [-0.2, -0.15) is 0 Å². The molecule has 4 atom stereocenters. The van der Waals surface area contributed by atoms with E-state index in [9.17, 15) is 9.59 Å². The fourth-order valence-corrected chi connectivity index (χ4v) is 5.22. The lowest BCUT2D eigenvalue weighted by molar-refractivity contribution is -0.138. The van der Waals surface area contributed by atoms with E-state index in [0.29, 0.717) is 29.6 Å². The molecule has 3 heterocycles. The Hall–Kier alpha value is -4.29. The van der Waals surface area contributed by atoms with Crippen LogP contribution in [0.4, 0.5) is 0 Å². The summed E-state index contributed by atoms with van der Waals surface area (Å²) < 4.78 is 34.4. The molecule has 0 spiro atoms. The van der Waals surface area contributed by atoms with Gasteiger partial charge >= 0.3 is 5.97 Å². The number of carboxylic acid groups (broad SMARTS) is 1. The van der Waals surface area contributed by atoms with E-state index in [-0.39, 0.29) is 50.7 Å². The van der Waals surface area contributed by atoms with Gasteiger partial charge < -0.3 is 43.7 Å². The highest BCUT2D eigenvalue weighted by atomic mass is 16.7. The van der Waals surface area contributed by atoms with Crippen LogP contribution < -0.4 is 24.3 Å². The van der Waals surface area contributed by atoms with Crippen LogP contribution in [0.25, 0.3) is 0 Å². The molecule has 3 aliphatic heterocycles. The number of benzene rings is 2. The second-order valence-electron chi connectivity index (χ2n) is 10.1. The van der Waals surface area contributed by atoms with Crippen molar-refractivity contribution in [3.8, 4) is 23.0 Å². The minimum Gasteiger partial charge on any atom is -0.493 e. The van der Waals surface area contributed by atoms with Crippen LogP contribution in [0.2, 0.25) is 0 Å².